The Kier molecular flexibility index (Phi) is 4.95. The number of rotatable bonds is 5. The maximum atomic E-state index is 11.9. The third-order valence-corrected chi connectivity index (χ3v) is 4.85. The highest BCUT2D eigenvalue weighted by Crippen LogP contribution is 2.36. The molecular formula is C14H26N2O4S. The van der Waals surface area contributed by atoms with Crippen LogP contribution in [0.25, 0.3) is 0 Å². The Morgan fingerprint density at radius 2 is 2.10 bits per heavy atom. The van der Waals surface area contributed by atoms with E-state index in [9.17, 15) is 13.2 Å². The molecule has 6 nitrogen and oxygen atoms in total. The lowest BCUT2D eigenvalue weighted by Gasteiger charge is -2.53. The summed E-state index contributed by atoms with van der Waals surface area (Å²) in [7, 11) is -3.13. The van der Waals surface area contributed by atoms with E-state index in [4.69, 9.17) is 4.74 Å². The number of likely N-dealkylation sites (tertiary alicyclic amines) is 1. The van der Waals surface area contributed by atoms with Crippen LogP contribution in [0.1, 0.15) is 33.1 Å². The van der Waals surface area contributed by atoms with Crippen molar-refractivity contribution < 1.29 is 17.9 Å². The van der Waals surface area contributed by atoms with Gasteiger partial charge in [0.1, 0.15) is 5.60 Å². The summed E-state index contributed by atoms with van der Waals surface area (Å²) in [6.45, 7) is 6.46. The fraction of sp³-hybridized carbons (Fsp3) is 0.929. The topological polar surface area (TPSA) is 75.7 Å². The first-order valence-electron chi connectivity index (χ1n) is 7.55. The molecule has 1 unspecified atom stereocenters. The smallest absolute Gasteiger partial charge is 0.223 e. The molecule has 2 heterocycles. The Labute approximate surface area is 127 Å². The minimum Gasteiger partial charge on any atom is -0.371 e. The highest BCUT2D eigenvalue weighted by Gasteiger charge is 2.48. The summed E-state index contributed by atoms with van der Waals surface area (Å²) in [6, 6.07) is 0. The van der Waals surface area contributed by atoms with Crippen molar-refractivity contribution in [3.8, 4) is 0 Å². The molecule has 1 N–H and O–H groups in total. The number of carbonyl (C=O) groups is 1. The van der Waals surface area contributed by atoms with Crippen LogP contribution >= 0.6 is 0 Å². The second-order valence-electron chi connectivity index (χ2n) is 6.87. The molecule has 0 aliphatic carbocycles. The Hall–Kier alpha value is -0.660. The van der Waals surface area contributed by atoms with Crippen LogP contribution in [0.5, 0.6) is 0 Å². The first kappa shape index (κ1) is 16.7. The molecule has 0 aromatic carbocycles. The van der Waals surface area contributed by atoms with E-state index < -0.39 is 10.0 Å². The van der Waals surface area contributed by atoms with Crippen molar-refractivity contribution in [2.45, 2.75) is 38.7 Å². The summed E-state index contributed by atoms with van der Waals surface area (Å²) in [5, 5.41) is 0. The molecular weight excluding hydrogens is 292 g/mol. The Morgan fingerprint density at radius 3 is 2.57 bits per heavy atom. The van der Waals surface area contributed by atoms with Crippen molar-refractivity contribution >= 4 is 15.9 Å². The van der Waals surface area contributed by atoms with Gasteiger partial charge in [0.2, 0.25) is 15.9 Å². The lowest BCUT2D eigenvalue weighted by Crippen LogP contribution is -2.66. The number of nitrogens with zero attached hydrogens (tertiary/aromatic N) is 1. The van der Waals surface area contributed by atoms with Gasteiger partial charge in [0.25, 0.3) is 0 Å². The molecule has 7 heteroatoms. The van der Waals surface area contributed by atoms with Crippen LogP contribution in [0.2, 0.25) is 0 Å². The van der Waals surface area contributed by atoms with Crippen molar-refractivity contribution in [2.75, 3.05) is 32.5 Å². The molecule has 2 rings (SSSR count). The Balaban J connectivity index is 1.72. The zero-order valence-electron chi connectivity index (χ0n) is 13.1. The maximum Gasteiger partial charge on any atom is 0.223 e. The fourth-order valence-electron chi connectivity index (χ4n) is 2.90. The average molecular weight is 318 g/mol. The van der Waals surface area contributed by atoms with Gasteiger partial charge in [0.05, 0.1) is 26.0 Å². The summed E-state index contributed by atoms with van der Waals surface area (Å²) in [6.07, 6.45) is 3.60. The molecule has 1 atom stereocenters. The predicted molar refractivity (Wildman–Crippen MR) is 80.3 cm³/mol. The fourth-order valence-corrected chi connectivity index (χ4v) is 3.44. The van der Waals surface area contributed by atoms with E-state index in [1.807, 2.05) is 18.7 Å². The molecule has 2 aliphatic rings. The van der Waals surface area contributed by atoms with Gasteiger partial charge in [-0.25, -0.2) is 13.1 Å². The average Bonchev–Trinajstić information content (AvgIpc) is 2.32. The number of nitrogens with one attached hydrogen (secondary N) is 1. The molecule has 122 valence electrons. The quantitative estimate of drug-likeness (QED) is 0.805. The minimum atomic E-state index is -3.13. The van der Waals surface area contributed by atoms with Gasteiger partial charge in [0, 0.05) is 13.0 Å². The molecule has 0 aromatic heterocycles. The number of hydrogen-bond donors (Lipinski definition) is 1. The van der Waals surface area contributed by atoms with Crippen LogP contribution in [0, 0.1) is 11.8 Å². The summed E-state index contributed by atoms with van der Waals surface area (Å²) in [5.74, 6) is 0.818. The van der Waals surface area contributed by atoms with Crippen molar-refractivity contribution in [3.63, 3.8) is 0 Å². The number of amides is 1. The van der Waals surface area contributed by atoms with Gasteiger partial charge in [-0.1, -0.05) is 13.8 Å². The van der Waals surface area contributed by atoms with Gasteiger partial charge in [-0.05, 0) is 24.7 Å². The van der Waals surface area contributed by atoms with Crippen molar-refractivity contribution in [1.82, 2.24) is 9.62 Å². The number of sulfonamides is 1. The molecule has 1 amide bonds. The molecule has 0 radical (unpaired) electrons. The highest BCUT2D eigenvalue weighted by atomic mass is 32.2. The van der Waals surface area contributed by atoms with Crippen LogP contribution < -0.4 is 4.72 Å². The maximum absolute atomic E-state index is 11.9. The summed E-state index contributed by atoms with van der Waals surface area (Å²) < 4.78 is 30.6. The van der Waals surface area contributed by atoms with E-state index >= 15 is 0 Å². The van der Waals surface area contributed by atoms with Crippen LogP contribution in [0.4, 0.5) is 0 Å². The number of ether oxygens (including phenoxy) is 1. The largest absolute Gasteiger partial charge is 0.371 e. The lowest BCUT2D eigenvalue weighted by atomic mass is 9.82. The molecule has 2 saturated heterocycles. The van der Waals surface area contributed by atoms with Crippen LogP contribution in [-0.4, -0.2) is 57.3 Å². The van der Waals surface area contributed by atoms with E-state index in [1.165, 1.54) is 6.26 Å². The van der Waals surface area contributed by atoms with E-state index in [2.05, 4.69) is 4.72 Å². The standard InChI is InChI=1S/C14H26N2O4S/c1-11(2)6-13(17)16-9-14(10-16)5-4-12(8-20-14)7-15-21(3,18)19/h11-12,15H,4-10H2,1-3H3. The van der Waals surface area contributed by atoms with E-state index in [0.29, 0.717) is 38.6 Å². The molecule has 2 fully saturated rings. The highest BCUT2D eigenvalue weighted by molar-refractivity contribution is 7.88. The molecule has 0 bridgehead atoms. The predicted octanol–water partition coefficient (Wildman–Crippen LogP) is 0.589. The summed E-state index contributed by atoms with van der Waals surface area (Å²) in [5.41, 5.74) is -0.172. The minimum absolute atomic E-state index is 0.172. The molecule has 0 saturated carbocycles. The van der Waals surface area contributed by atoms with E-state index in [-0.39, 0.29) is 17.4 Å². The van der Waals surface area contributed by atoms with Crippen LogP contribution in [-0.2, 0) is 19.6 Å². The van der Waals surface area contributed by atoms with Gasteiger partial charge < -0.3 is 9.64 Å². The second-order valence-corrected chi connectivity index (χ2v) is 8.70. The zero-order chi connectivity index (χ0) is 15.7. The summed E-state index contributed by atoms with van der Waals surface area (Å²) in [4.78, 5) is 13.8. The molecule has 2 aliphatic heterocycles. The summed E-state index contributed by atoms with van der Waals surface area (Å²) >= 11 is 0. The molecule has 0 aromatic rings. The number of carbonyl (C=O) groups excluding carboxylic acids is 1. The van der Waals surface area contributed by atoms with Crippen LogP contribution in [0.3, 0.4) is 0 Å². The Morgan fingerprint density at radius 1 is 1.43 bits per heavy atom. The van der Waals surface area contributed by atoms with E-state index in [1.54, 1.807) is 0 Å². The van der Waals surface area contributed by atoms with Gasteiger partial charge in [0.15, 0.2) is 0 Å². The molecule has 1 spiro atoms. The second kappa shape index (κ2) is 6.22. The third kappa shape index (κ3) is 4.66. The van der Waals surface area contributed by atoms with Gasteiger partial charge in [-0.15, -0.1) is 0 Å². The first-order chi connectivity index (χ1) is 9.69. The first-order valence-corrected chi connectivity index (χ1v) is 9.45. The zero-order valence-corrected chi connectivity index (χ0v) is 13.9. The van der Waals surface area contributed by atoms with Crippen molar-refractivity contribution in [1.29, 1.82) is 0 Å². The number of hydrogen-bond acceptors (Lipinski definition) is 4. The lowest BCUT2D eigenvalue weighted by molar-refractivity contribution is -0.188. The Bertz CT molecular complexity index is 473. The molecule has 21 heavy (non-hydrogen) atoms. The van der Waals surface area contributed by atoms with Gasteiger partial charge >= 0.3 is 0 Å². The van der Waals surface area contributed by atoms with Crippen LogP contribution in [0.15, 0.2) is 0 Å². The van der Waals surface area contributed by atoms with Crippen molar-refractivity contribution in [2.24, 2.45) is 11.8 Å². The van der Waals surface area contributed by atoms with E-state index in [0.717, 1.165) is 12.8 Å². The monoisotopic (exact) mass is 318 g/mol. The SMILES string of the molecule is CC(C)CC(=O)N1CC2(CCC(CNS(C)(=O)=O)CO2)C1. The van der Waals surface area contributed by atoms with Crippen molar-refractivity contribution in [3.05, 3.63) is 0 Å². The third-order valence-electron chi connectivity index (χ3n) is 4.16. The van der Waals surface area contributed by atoms with Gasteiger partial charge in [-0.2, -0.15) is 0 Å². The normalized spacial score (nSPS) is 25.1. The van der Waals surface area contributed by atoms with Gasteiger partial charge in [-0.3, -0.25) is 4.79 Å².